The predicted molar refractivity (Wildman–Crippen MR) is 125 cm³/mol. The smallest absolute Gasteiger partial charge is 0.303 e. The molecule has 0 radical (unpaired) electrons. The van der Waals surface area contributed by atoms with Crippen molar-refractivity contribution in [2.24, 2.45) is 11.8 Å². The van der Waals surface area contributed by atoms with Gasteiger partial charge in [-0.2, -0.15) is 0 Å². The van der Waals surface area contributed by atoms with Gasteiger partial charge in [0.25, 0.3) is 0 Å². The summed E-state index contributed by atoms with van der Waals surface area (Å²) in [7, 11) is 0. The fraction of sp³-hybridized carbons (Fsp3) is 0.714. The highest BCUT2D eigenvalue weighted by atomic mass is 16.5. The van der Waals surface area contributed by atoms with Gasteiger partial charge < -0.3 is 20.3 Å². The van der Waals surface area contributed by atoms with Crippen LogP contribution in [0.4, 0.5) is 0 Å². The van der Waals surface area contributed by atoms with Crippen LogP contribution in [0.3, 0.4) is 0 Å². The lowest BCUT2D eigenvalue weighted by molar-refractivity contribution is -0.166. The standard InChI is InChI=1S/C28H35NO5/c30-20-7-10-28(33)21-14-17-5-6-19(24-23(17)27(28,11-12-29-21)25(20)34-24)26(8-1-2-9-26)18(15-22(31)32)13-16-3-4-16/h5-6,16,18,21,25,29,33H,1-4,7-15H2,(H,31,32)/t18?,21?,25-,27-,28+/m0/s1. The number of hydrogen-bond acceptors (Lipinski definition) is 5. The molecule has 3 N–H and O–H groups in total. The summed E-state index contributed by atoms with van der Waals surface area (Å²) in [5.74, 6) is 0.958. The number of carboxylic acid groups (broad SMARTS) is 1. The summed E-state index contributed by atoms with van der Waals surface area (Å²) in [6.07, 6.45) is 9.40. The number of rotatable bonds is 6. The zero-order valence-corrected chi connectivity index (χ0v) is 19.8. The van der Waals surface area contributed by atoms with E-state index in [9.17, 15) is 19.8 Å². The summed E-state index contributed by atoms with van der Waals surface area (Å²) in [5, 5.41) is 25.5. The van der Waals surface area contributed by atoms with Gasteiger partial charge in [-0.3, -0.25) is 9.59 Å². The minimum absolute atomic E-state index is 0.0557. The molecule has 2 aliphatic heterocycles. The Morgan fingerprint density at radius 1 is 1.18 bits per heavy atom. The number of hydrogen-bond donors (Lipinski definition) is 3. The van der Waals surface area contributed by atoms with Crippen LogP contribution in [0.2, 0.25) is 0 Å². The predicted octanol–water partition coefficient (Wildman–Crippen LogP) is 3.40. The molecule has 1 saturated heterocycles. The maximum atomic E-state index is 13.3. The van der Waals surface area contributed by atoms with Gasteiger partial charge in [0.15, 0.2) is 11.9 Å². The van der Waals surface area contributed by atoms with Gasteiger partial charge in [-0.15, -0.1) is 0 Å². The molecule has 3 saturated carbocycles. The van der Waals surface area contributed by atoms with E-state index in [1.54, 1.807) is 0 Å². The fourth-order valence-corrected chi connectivity index (χ4v) is 9.00. The van der Waals surface area contributed by atoms with Crippen LogP contribution < -0.4 is 10.1 Å². The quantitative estimate of drug-likeness (QED) is 0.596. The van der Waals surface area contributed by atoms with Crippen LogP contribution in [0.15, 0.2) is 12.1 Å². The van der Waals surface area contributed by atoms with Gasteiger partial charge in [-0.1, -0.05) is 37.8 Å². The number of Topliss-reactive ketones (excluding diaryl/α,β-unsaturated/α-hetero) is 1. The van der Waals surface area contributed by atoms with E-state index in [1.165, 1.54) is 18.4 Å². The van der Waals surface area contributed by atoms with E-state index >= 15 is 0 Å². The molecule has 0 aromatic heterocycles. The zero-order valence-electron chi connectivity index (χ0n) is 19.8. The number of aliphatic hydroxyl groups is 1. The van der Waals surface area contributed by atoms with E-state index in [0.717, 1.165) is 61.9 Å². The molecule has 1 aromatic rings. The van der Waals surface area contributed by atoms with E-state index in [0.29, 0.717) is 25.2 Å². The van der Waals surface area contributed by atoms with Gasteiger partial charge in [0.1, 0.15) is 5.75 Å². The molecule has 6 aliphatic rings. The monoisotopic (exact) mass is 465 g/mol. The molecule has 182 valence electrons. The third-order valence-corrected chi connectivity index (χ3v) is 10.7. The first-order valence-corrected chi connectivity index (χ1v) is 13.4. The van der Waals surface area contributed by atoms with E-state index < -0.39 is 23.1 Å². The molecule has 1 spiro atoms. The third kappa shape index (κ3) is 2.59. The maximum Gasteiger partial charge on any atom is 0.303 e. The van der Waals surface area contributed by atoms with Gasteiger partial charge in [0.05, 0.1) is 11.0 Å². The third-order valence-electron chi connectivity index (χ3n) is 10.7. The summed E-state index contributed by atoms with van der Waals surface area (Å²) in [4.78, 5) is 25.3. The fourth-order valence-electron chi connectivity index (χ4n) is 9.00. The van der Waals surface area contributed by atoms with E-state index in [2.05, 4.69) is 17.4 Å². The lowest BCUT2D eigenvalue weighted by atomic mass is 9.49. The first-order valence-electron chi connectivity index (χ1n) is 13.4. The molecule has 2 bridgehead atoms. The van der Waals surface area contributed by atoms with Crippen LogP contribution in [0.5, 0.6) is 5.75 Å². The molecular weight excluding hydrogens is 430 g/mol. The van der Waals surface area contributed by atoms with Crippen molar-refractivity contribution >= 4 is 11.8 Å². The van der Waals surface area contributed by atoms with Crippen molar-refractivity contribution in [2.45, 2.75) is 106 Å². The number of piperidine rings is 1. The highest BCUT2D eigenvalue weighted by Gasteiger charge is 2.72. The van der Waals surface area contributed by atoms with Gasteiger partial charge in [-0.25, -0.2) is 0 Å². The summed E-state index contributed by atoms with van der Waals surface area (Å²) in [6.45, 7) is 0.775. The number of carboxylic acids is 1. The number of aliphatic carboxylic acids is 1. The lowest BCUT2D eigenvalue weighted by Crippen LogP contribution is -2.76. The molecule has 4 aliphatic carbocycles. The SMILES string of the molecule is O=C(O)CC(CC1CC1)C1(c2ccc3c4c2O[C@H]2C(=O)CC[C@@]5(O)C(C3)NCC[C@]425)CCCC1. The van der Waals surface area contributed by atoms with Crippen molar-refractivity contribution in [3.05, 3.63) is 28.8 Å². The Balaban J connectivity index is 1.43. The Kier molecular flexibility index (Phi) is 4.44. The molecule has 2 unspecified atom stereocenters. The summed E-state index contributed by atoms with van der Waals surface area (Å²) < 4.78 is 6.72. The minimum atomic E-state index is -0.974. The summed E-state index contributed by atoms with van der Waals surface area (Å²) in [5.41, 5.74) is 1.55. The number of nitrogens with one attached hydrogen (secondary N) is 1. The van der Waals surface area contributed by atoms with Crippen LogP contribution in [0.25, 0.3) is 0 Å². The van der Waals surface area contributed by atoms with Crippen LogP contribution in [-0.4, -0.2) is 46.3 Å². The highest BCUT2D eigenvalue weighted by Crippen LogP contribution is 2.65. The van der Waals surface area contributed by atoms with Gasteiger partial charge in [0, 0.05) is 35.4 Å². The number of carbonyl (C=O) groups is 2. The molecule has 0 amide bonds. The van der Waals surface area contributed by atoms with E-state index in [1.807, 2.05) is 0 Å². The van der Waals surface area contributed by atoms with Crippen molar-refractivity contribution in [3.63, 3.8) is 0 Å². The van der Waals surface area contributed by atoms with Crippen molar-refractivity contribution in [1.82, 2.24) is 5.32 Å². The largest absolute Gasteiger partial charge is 0.481 e. The van der Waals surface area contributed by atoms with Crippen molar-refractivity contribution < 1.29 is 24.5 Å². The zero-order chi connectivity index (χ0) is 23.3. The molecule has 1 aromatic carbocycles. The Hall–Kier alpha value is -1.92. The minimum Gasteiger partial charge on any atom is -0.481 e. The Morgan fingerprint density at radius 3 is 2.71 bits per heavy atom. The average molecular weight is 466 g/mol. The lowest BCUT2D eigenvalue weighted by Gasteiger charge is -2.59. The van der Waals surface area contributed by atoms with Crippen molar-refractivity contribution in [2.75, 3.05) is 6.54 Å². The second-order valence-corrected chi connectivity index (χ2v) is 12.1. The second kappa shape index (κ2) is 7.07. The Labute approximate surface area is 200 Å². The normalized spacial score (nSPS) is 37.7. The molecule has 5 atom stereocenters. The van der Waals surface area contributed by atoms with Crippen LogP contribution in [0.1, 0.15) is 87.3 Å². The molecular formula is C28H35NO5. The maximum absolute atomic E-state index is 13.3. The second-order valence-electron chi connectivity index (χ2n) is 12.1. The van der Waals surface area contributed by atoms with Gasteiger partial charge in [0.2, 0.25) is 0 Å². The number of benzene rings is 1. The molecule has 6 nitrogen and oxygen atoms in total. The first kappa shape index (κ1) is 21.4. The van der Waals surface area contributed by atoms with Crippen LogP contribution >= 0.6 is 0 Å². The van der Waals surface area contributed by atoms with Crippen LogP contribution in [-0.2, 0) is 26.8 Å². The van der Waals surface area contributed by atoms with E-state index in [-0.39, 0.29) is 29.6 Å². The average Bonchev–Trinajstić information content (AvgIpc) is 3.34. The number of ether oxygens (including phenoxy) is 1. The van der Waals surface area contributed by atoms with Crippen LogP contribution in [0, 0.1) is 11.8 Å². The van der Waals surface area contributed by atoms with Crippen molar-refractivity contribution in [1.29, 1.82) is 0 Å². The molecule has 2 heterocycles. The Morgan fingerprint density at radius 2 is 1.97 bits per heavy atom. The summed E-state index contributed by atoms with van der Waals surface area (Å²) >= 11 is 0. The van der Waals surface area contributed by atoms with Gasteiger partial charge in [-0.05, 0) is 62.5 Å². The van der Waals surface area contributed by atoms with Gasteiger partial charge >= 0.3 is 5.97 Å². The summed E-state index contributed by atoms with van der Waals surface area (Å²) in [6, 6.07) is 4.37. The molecule has 4 fully saturated rings. The van der Waals surface area contributed by atoms with E-state index in [4.69, 9.17) is 4.74 Å². The number of ketones is 1. The molecule has 34 heavy (non-hydrogen) atoms. The number of carbonyl (C=O) groups excluding carboxylic acids is 1. The Bertz CT molecular complexity index is 1070. The molecule has 6 heteroatoms. The molecule has 7 rings (SSSR count). The van der Waals surface area contributed by atoms with Crippen molar-refractivity contribution in [3.8, 4) is 5.75 Å². The highest BCUT2D eigenvalue weighted by molar-refractivity contribution is 5.90. The topological polar surface area (TPSA) is 95.9 Å². The first-order chi connectivity index (χ1) is 16.4.